The molecule has 0 aliphatic heterocycles. The number of nitrogens with two attached hydrogens (primary N) is 1. The van der Waals surface area contributed by atoms with Gasteiger partial charge in [0.25, 0.3) is 5.56 Å². The van der Waals surface area contributed by atoms with Crippen LogP contribution in [0.1, 0.15) is 0 Å². The van der Waals surface area contributed by atoms with E-state index in [4.69, 9.17) is 32.6 Å². The summed E-state index contributed by atoms with van der Waals surface area (Å²) in [7, 11) is 1.55. The molecule has 0 bridgehead atoms. The second-order valence-corrected chi connectivity index (χ2v) is 6.19. The number of aromatic nitrogens is 3. The summed E-state index contributed by atoms with van der Waals surface area (Å²) in [5.74, 6) is -2.32. The van der Waals surface area contributed by atoms with E-state index in [0.29, 0.717) is 35.0 Å². The Hall–Kier alpha value is -3.25. The number of hydrogen-bond acceptors (Lipinski definition) is 6. The molecule has 0 amide bonds. The van der Waals surface area contributed by atoms with Crippen LogP contribution in [0.4, 0.5) is 13.2 Å². The minimum Gasteiger partial charge on any atom is -0.480 e. The highest BCUT2D eigenvalue weighted by atomic mass is 32.1. The molecular weight excluding hydrogens is 425 g/mol. The van der Waals surface area contributed by atoms with Gasteiger partial charge in [0.15, 0.2) is 4.77 Å². The third-order valence-electron chi connectivity index (χ3n) is 3.79. The summed E-state index contributed by atoms with van der Waals surface area (Å²) in [4.78, 5) is 27.9. The van der Waals surface area contributed by atoms with E-state index in [1.807, 2.05) is 30.3 Å². The highest BCUT2D eigenvalue weighted by Crippen LogP contribution is 2.31. The Bertz CT molecular complexity index is 1170. The summed E-state index contributed by atoms with van der Waals surface area (Å²) >= 11 is 5.26. The number of aromatic amines is 1. The van der Waals surface area contributed by atoms with Crippen LogP contribution < -0.4 is 16.0 Å². The van der Waals surface area contributed by atoms with Gasteiger partial charge in [-0.05, 0) is 24.4 Å². The highest BCUT2D eigenvalue weighted by molar-refractivity contribution is 7.71. The Morgan fingerprint density at radius 2 is 1.97 bits per heavy atom. The molecule has 1 aromatic carbocycles. The number of carbonyl (C=O) groups is 1. The largest absolute Gasteiger partial charge is 0.490 e. The molecule has 0 saturated heterocycles. The second kappa shape index (κ2) is 9.50. The summed E-state index contributed by atoms with van der Waals surface area (Å²) < 4.78 is 39.3. The number of nitrogens with zero attached hydrogens (tertiary/aromatic N) is 2. The average Bonchev–Trinajstić information content (AvgIpc) is 2.68. The van der Waals surface area contributed by atoms with Crippen molar-refractivity contribution in [1.82, 2.24) is 14.5 Å². The number of halogens is 3. The quantitative estimate of drug-likeness (QED) is 0.531. The number of para-hydroxylation sites is 1. The molecule has 3 rings (SSSR count). The lowest BCUT2D eigenvalue weighted by molar-refractivity contribution is -0.192. The minimum absolute atomic E-state index is 0.270. The van der Waals surface area contributed by atoms with Crippen LogP contribution in [0.25, 0.3) is 22.2 Å². The summed E-state index contributed by atoms with van der Waals surface area (Å²) in [5.41, 5.74) is 7.56. The Kier molecular flexibility index (Phi) is 7.29. The van der Waals surface area contributed by atoms with Gasteiger partial charge in [-0.25, -0.2) is 9.78 Å². The zero-order valence-electron chi connectivity index (χ0n) is 15.6. The van der Waals surface area contributed by atoms with E-state index in [1.54, 1.807) is 11.7 Å². The Morgan fingerprint density at radius 3 is 2.53 bits per heavy atom. The fraction of sp³-hybridized carbons (Fsp3) is 0.222. The van der Waals surface area contributed by atoms with Crippen LogP contribution in [0, 0.1) is 4.77 Å². The number of hydrogen-bond donors (Lipinski definition) is 3. The molecule has 0 saturated carbocycles. The molecule has 2 aromatic heterocycles. The van der Waals surface area contributed by atoms with Crippen molar-refractivity contribution in [2.24, 2.45) is 5.73 Å². The number of pyridine rings is 1. The average molecular weight is 442 g/mol. The van der Waals surface area contributed by atoms with Gasteiger partial charge < -0.3 is 20.1 Å². The lowest BCUT2D eigenvalue weighted by Crippen LogP contribution is -2.21. The van der Waals surface area contributed by atoms with Gasteiger partial charge in [-0.1, -0.05) is 18.2 Å². The molecule has 12 heteroatoms. The number of fused-ring (bicyclic) bond motifs is 1. The fourth-order valence-corrected chi connectivity index (χ4v) is 2.82. The first kappa shape index (κ1) is 23.0. The van der Waals surface area contributed by atoms with Crippen LogP contribution in [0.5, 0.6) is 5.88 Å². The number of methoxy groups -OCH3 is 1. The number of rotatable bonds is 4. The van der Waals surface area contributed by atoms with Gasteiger partial charge in [0.1, 0.15) is 0 Å². The van der Waals surface area contributed by atoms with E-state index in [-0.39, 0.29) is 5.56 Å². The molecule has 0 aliphatic carbocycles. The third kappa shape index (κ3) is 5.42. The van der Waals surface area contributed by atoms with Gasteiger partial charge >= 0.3 is 12.1 Å². The number of nitrogens with one attached hydrogen (secondary N) is 1. The van der Waals surface area contributed by atoms with Gasteiger partial charge in [-0.2, -0.15) is 13.2 Å². The van der Waals surface area contributed by atoms with Crippen LogP contribution in [-0.4, -0.2) is 45.4 Å². The highest BCUT2D eigenvalue weighted by Gasteiger charge is 2.38. The normalized spacial score (nSPS) is 11.0. The molecule has 0 radical (unpaired) electrons. The molecule has 0 spiro atoms. The number of benzene rings is 1. The number of aliphatic carboxylic acids is 1. The number of alkyl halides is 3. The maximum atomic E-state index is 11.9. The molecule has 3 aromatic rings. The predicted molar refractivity (Wildman–Crippen MR) is 106 cm³/mol. The first-order valence-corrected chi connectivity index (χ1v) is 8.77. The number of H-pyrrole nitrogens is 1. The Morgan fingerprint density at radius 1 is 1.33 bits per heavy atom. The molecule has 0 fully saturated rings. The van der Waals surface area contributed by atoms with E-state index < -0.39 is 12.1 Å². The van der Waals surface area contributed by atoms with Crippen molar-refractivity contribution >= 4 is 29.1 Å². The third-order valence-corrected chi connectivity index (χ3v) is 4.11. The Labute approximate surface area is 172 Å². The molecule has 4 N–H and O–H groups in total. The van der Waals surface area contributed by atoms with Crippen LogP contribution >= 0.6 is 12.2 Å². The number of carboxylic acid groups (broad SMARTS) is 1. The van der Waals surface area contributed by atoms with E-state index in [1.165, 1.54) is 6.07 Å². The van der Waals surface area contributed by atoms with Crippen molar-refractivity contribution in [2.75, 3.05) is 13.7 Å². The lowest BCUT2D eigenvalue weighted by Gasteiger charge is -2.15. The summed E-state index contributed by atoms with van der Waals surface area (Å²) in [5, 5.41) is 8.08. The molecular formula is C18H17F3N4O4S. The van der Waals surface area contributed by atoms with Crippen molar-refractivity contribution in [3.63, 3.8) is 0 Å². The molecule has 30 heavy (non-hydrogen) atoms. The van der Waals surface area contributed by atoms with Gasteiger partial charge in [0.05, 0.1) is 23.9 Å². The first-order chi connectivity index (χ1) is 14.1. The van der Waals surface area contributed by atoms with Crippen LogP contribution in [0.2, 0.25) is 0 Å². The first-order valence-electron chi connectivity index (χ1n) is 8.37. The van der Waals surface area contributed by atoms with Crippen molar-refractivity contribution < 1.29 is 27.8 Å². The van der Waals surface area contributed by atoms with Crippen molar-refractivity contribution in [3.05, 3.63) is 51.5 Å². The number of carboxylic acids is 1. The predicted octanol–water partition coefficient (Wildman–Crippen LogP) is 2.72. The zero-order valence-corrected chi connectivity index (χ0v) is 16.4. The topological polar surface area (TPSA) is 123 Å². The van der Waals surface area contributed by atoms with Crippen molar-refractivity contribution in [3.8, 4) is 17.1 Å². The SMILES string of the molecule is COc1nc2ccccc2cc1-c1cc(=O)[nH]c(=S)n1CCN.O=C(O)C(F)(F)F. The maximum absolute atomic E-state index is 11.9. The van der Waals surface area contributed by atoms with E-state index in [9.17, 15) is 18.0 Å². The maximum Gasteiger partial charge on any atom is 0.490 e. The zero-order chi connectivity index (χ0) is 22.5. The second-order valence-electron chi connectivity index (χ2n) is 5.81. The molecule has 160 valence electrons. The summed E-state index contributed by atoms with van der Waals surface area (Å²) in [6.45, 7) is 0.887. The lowest BCUT2D eigenvalue weighted by atomic mass is 10.1. The Balaban J connectivity index is 0.000000396. The molecule has 0 aliphatic rings. The standard InChI is InChI=1S/C16H16N4O2S.C2HF3O2/c1-22-15-11(8-10-4-2-3-5-12(10)18-15)13-9-14(21)19-16(23)20(13)7-6-17;3-2(4,5)1(6)7/h2-5,8-9H,6-7,17H2,1H3,(H,19,21,23);(H,6,7). The van der Waals surface area contributed by atoms with Gasteiger partial charge in [0.2, 0.25) is 5.88 Å². The summed E-state index contributed by atoms with van der Waals surface area (Å²) in [6.07, 6.45) is -5.08. The molecule has 0 unspecified atom stereocenters. The fourth-order valence-electron chi connectivity index (χ4n) is 2.53. The van der Waals surface area contributed by atoms with E-state index in [2.05, 4.69) is 9.97 Å². The van der Waals surface area contributed by atoms with Crippen molar-refractivity contribution in [1.29, 1.82) is 0 Å². The van der Waals surface area contributed by atoms with Crippen LogP contribution in [-0.2, 0) is 11.3 Å². The van der Waals surface area contributed by atoms with Gasteiger partial charge in [-0.15, -0.1) is 0 Å². The van der Waals surface area contributed by atoms with E-state index >= 15 is 0 Å². The van der Waals surface area contributed by atoms with Crippen LogP contribution in [0.15, 0.2) is 41.2 Å². The monoisotopic (exact) mass is 442 g/mol. The van der Waals surface area contributed by atoms with Crippen LogP contribution in [0.3, 0.4) is 0 Å². The van der Waals surface area contributed by atoms with E-state index in [0.717, 1.165) is 10.9 Å². The minimum atomic E-state index is -5.08. The smallest absolute Gasteiger partial charge is 0.480 e. The molecule has 0 atom stereocenters. The molecule has 8 nitrogen and oxygen atoms in total. The summed E-state index contributed by atoms with van der Waals surface area (Å²) in [6, 6.07) is 11.1. The molecule has 2 heterocycles. The van der Waals surface area contributed by atoms with Gasteiger partial charge in [0, 0.05) is 24.5 Å². The van der Waals surface area contributed by atoms with Crippen molar-refractivity contribution in [2.45, 2.75) is 12.7 Å². The van der Waals surface area contributed by atoms with Gasteiger partial charge in [-0.3, -0.25) is 9.78 Å². The number of ether oxygens (including phenoxy) is 1.